The van der Waals surface area contributed by atoms with Crippen molar-refractivity contribution in [2.45, 2.75) is 38.2 Å². The molecule has 0 unspecified atom stereocenters. The first-order valence-corrected chi connectivity index (χ1v) is 5.54. The first kappa shape index (κ1) is 10.5. The van der Waals surface area contributed by atoms with E-state index in [0.717, 1.165) is 18.6 Å². The van der Waals surface area contributed by atoms with Gasteiger partial charge in [-0.2, -0.15) is 0 Å². The first-order valence-electron chi connectivity index (χ1n) is 5.54. The zero-order chi connectivity index (χ0) is 10.9. The molecule has 0 bridgehead atoms. The predicted molar refractivity (Wildman–Crippen MR) is 60.2 cm³/mol. The molecule has 1 N–H and O–H groups in total. The Bertz CT molecular complexity index is 323. The maximum Gasteiger partial charge on any atom is 0.119 e. The van der Waals surface area contributed by atoms with Gasteiger partial charge in [0.2, 0.25) is 0 Å². The van der Waals surface area contributed by atoms with Gasteiger partial charge in [-0.1, -0.05) is 26.0 Å². The maximum atomic E-state index is 9.61. The van der Waals surface area contributed by atoms with E-state index >= 15 is 0 Å². The third kappa shape index (κ3) is 2.72. The second-order valence-electron chi connectivity index (χ2n) is 4.74. The molecule has 82 valence electrons. The minimum Gasteiger partial charge on any atom is -0.491 e. The molecule has 1 aromatic rings. The molecule has 1 saturated carbocycles. The number of rotatable bonds is 4. The minimum atomic E-state index is -0.531. The first-order chi connectivity index (χ1) is 7.09. The van der Waals surface area contributed by atoms with Crippen molar-refractivity contribution in [1.29, 1.82) is 0 Å². The van der Waals surface area contributed by atoms with Gasteiger partial charge in [0.15, 0.2) is 0 Å². The Morgan fingerprint density at radius 1 is 1.27 bits per heavy atom. The van der Waals surface area contributed by atoms with E-state index in [1.165, 1.54) is 5.56 Å². The van der Waals surface area contributed by atoms with Gasteiger partial charge in [-0.15, -0.1) is 0 Å². The van der Waals surface area contributed by atoms with E-state index in [4.69, 9.17) is 4.74 Å². The van der Waals surface area contributed by atoms with Gasteiger partial charge in [-0.3, -0.25) is 0 Å². The quantitative estimate of drug-likeness (QED) is 0.820. The molecule has 0 atom stereocenters. The molecule has 1 aromatic carbocycles. The molecular weight excluding hydrogens is 188 g/mol. The van der Waals surface area contributed by atoms with Crippen LogP contribution in [0.4, 0.5) is 0 Å². The van der Waals surface area contributed by atoms with Crippen LogP contribution in [0.5, 0.6) is 5.75 Å². The third-order valence-electron chi connectivity index (χ3n) is 2.88. The van der Waals surface area contributed by atoms with Crippen molar-refractivity contribution >= 4 is 0 Å². The number of hydrogen-bond donors (Lipinski definition) is 1. The molecule has 1 fully saturated rings. The Kier molecular flexibility index (Phi) is 2.70. The third-order valence-corrected chi connectivity index (χ3v) is 2.88. The summed E-state index contributed by atoms with van der Waals surface area (Å²) >= 11 is 0. The van der Waals surface area contributed by atoms with Gasteiger partial charge in [0, 0.05) is 0 Å². The van der Waals surface area contributed by atoms with Gasteiger partial charge < -0.3 is 9.84 Å². The van der Waals surface area contributed by atoms with E-state index in [2.05, 4.69) is 26.0 Å². The van der Waals surface area contributed by atoms with Crippen LogP contribution in [0.1, 0.15) is 38.2 Å². The largest absolute Gasteiger partial charge is 0.491 e. The van der Waals surface area contributed by atoms with E-state index in [9.17, 15) is 5.11 Å². The van der Waals surface area contributed by atoms with Crippen molar-refractivity contribution in [3.8, 4) is 5.75 Å². The van der Waals surface area contributed by atoms with Crippen LogP contribution >= 0.6 is 0 Å². The molecule has 0 aromatic heterocycles. The summed E-state index contributed by atoms with van der Waals surface area (Å²) in [5.41, 5.74) is 0.781. The van der Waals surface area contributed by atoms with Crippen molar-refractivity contribution in [3.63, 3.8) is 0 Å². The van der Waals surface area contributed by atoms with E-state index in [-0.39, 0.29) is 0 Å². The van der Waals surface area contributed by atoms with Crippen LogP contribution in [0, 0.1) is 0 Å². The molecule has 1 aliphatic rings. The lowest BCUT2D eigenvalue weighted by Crippen LogP contribution is -2.18. The lowest BCUT2D eigenvalue weighted by atomic mass is 10.0. The average Bonchev–Trinajstić information content (AvgIpc) is 2.95. The van der Waals surface area contributed by atoms with Crippen molar-refractivity contribution in [2.75, 3.05) is 6.61 Å². The molecule has 2 nitrogen and oxygen atoms in total. The summed E-state index contributed by atoms with van der Waals surface area (Å²) in [6, 6.07) is 8.11. The predicted octanol–water partition coefficient (Wildman–Crippen LogP) is 2.71. The molecule has 0 radical (unpaired) electrons. The molecule has 0 aliphatic heterocycles. The lowest BCUT2D eigenvalue weighted by molar-refractivity contribution is 0.0856. The topological polar surface area (TPSA) is 29.5 Å². The molecule has 2 rings (SSSR count). The van der Waals surface area contributed by atoms with Crippen LogP contribution < -0.4 is 4.74 Å². The van der Waals surface area contributed by atoms with Gasteiger partial charge in [0.1, 0.15) is 12.4 Å². The van der Waals surface area contributed by atoms with Crippen molar-refractivity contribution < 1.29 is 9.84 Å². The Labute approximate surface area is 90.9 Å². The van der Waals surface area contributed by atoms with Crippen LogP contribution in [0.25, 0.3) is 0 Å². The van der Waals surface area contributed by atoms with Crippen molar-refractivity contribution in [3.05, 3.63) is 29.8 Å². The summed E-state index contributed by atoms with van der Waals surface area (Å²) < 4.78 is 5.52. The molecule has 0 saturated heterocycles. The van der Waals surface area contributed by atoms with Gasteiger partial charge >= 0.3 is 0 Å². The molecule has 2 heteroatoms. The molecule has 0 amide bonds. The summed E-state index contributed by atoms with van der Waals surface area (Å²) in [6.45, 7) is 4.76. The van der Waals surface area contributed by atoms with Gasteiger partial charge in [0.05, 0.1) is 5.60 Å². The highest BCUT2D eigenvalue weighted by Crippen LogP contribution is 2.35. The minimum absolute atomic E-state index is 0.425. The highest BCUT2D eigenvalue weighted by Gasteiger charge is 2.41. The molecule has 15 heavy (non-hydrogen) atoms. The average molecular weight is 206 g/mol. The summed E-state index contributed by atoms with van der Waals surface area (Å²) in [5, 5.41) is 9.61. The molecule has 0 heterocycles. The Hall–Kier alpha value is -1.02. The lowest BCUT2D eigenvalue weighted by Gasteiger charge is -2.11. The van der Waals surface area contributed by atoms with Crippen molar-refractivity contribution in [1.82, 2.24) is 0 Å². The zero-order valence-electron chi connectivity index (χ0n) is 9.36. The van der Waals surface area contributed by atoms with E-state index in [0.29, 0.717) is 12.5 Å². The van der Waals surface area contributed by atoms with E-state index < -0.39 is 5.60 Å². The Balaban J connectivity index is 1.92. The summed E-state index contributed by atoms with van der Waals surface area (Å²) in [5.74, 6) is 1.39. The van der Waals surface area contributed by atoms with Crippen LogP contribution in [0.2, 0.25) is 0 Å². The van der Waals surface area contributed by atoms with Crippen LogP contribution in [0.3, 0.4) is 0 Å². The number of ether oxygens (including phenoxy) is 1. The molecule has 1 aliphatic carbocycles. The van der Waals surface area contributed by atoms with Crippen molar-refractivity contribution in [2.24, 2.45) is 0 Å². The standard InChI is InChI=1S/C13H18O2/c1-10(2)11-3-5-12(6-4-11)15-9-13(14)7-8-13/h3-6,10,14H,7-9H2,1-2H3. The monoisotopic (exact) mass is 206 g/mol. The SMILES string of the molecule is CC(C)c1ccc(OCC2(O)CC2)cc1. The smallest absolute Gasteiger partial charge is 0.119 e. The van der Waals surface area contributed by atoms with Gasteiger partial charge in [-0.05, 0) is 36.5 Å². The zero-order valence-corrected chi connectivity index (χ0v) is 9.36. The summed E-state index contributed by atoms with van der Waals surface area (Å²) in [7, 11) is 0. The van der Waals surface area contributed by atoms with Crippen LogP contribution in [0.15, 0.2) is 24.3 Å². The van der Waals surface area contributed by atoms with Crippen LogP contribution in [-0.2, 0) is 0 Å². The summed E-state index contributed by atoms with van der Waals surface area (Å²) in [4.78, 5) is 0. The maximum absolute atomic E-state index is 9.61. The van der Waals surface area contributed by atoms with E-state index in [1.54, 1.807) is 0 Å². The van der Waals surface area contributed by atoms with Gasteiger partial charge in [0.25, 0.3) is 0 Å². The Morgan fingerprint density at radius 3 is 2.33 bits per heavy atom. The fourth-order valence-electron chi connectivity index (χ4n) is 1.46. The second-order valence-corrected chi connectivity index (χ2v) is 4.74. The number of hydrogen-bond acceptors (Lipinski definition) is 2. The number of aliphatic hydroxyl groups is 1. The molecular formula is C13H18O2. The normalized spacial score (nSPS) is 17.9. The number of benzene rings is 1. The second kappa shape index (κ2) is 3.86. The molecule has 0 spiro atoms. The van der Waals surface area contributed by atoms with Crippen LogP contribution in [-0.4, -0.2) is 17.3 Å². The summed E-state index contributed by atoms with van der Waals surface area (Å²) in [6.07, 6.45) is 1.74. The van der Waals surface area contributed by atoms with E-state index in [1.807, 2.05) is 12.1 Å². The fourth-order valence-corrected chi connectivity index (χ4v) is 1.46. The highest BCUT2D eigenvalue weighted by atomic mass is 16.5. The van der Waals surface area contributed by atoms with Gasteiger partial charge in [-0.25, -0.2) is 0 Å². The fraction of sp³-hybridized carbons (Fsp3) is 0.538. The highest BCUT2D eigenvalue weighted by molar-refractivity contribution is 5.29. The Morgan fingerprint density at radius 2 is 1.87 bits per heavy atom.